The van der Waals surface area contributed by atoms with Crippen LogP contribution in [0.1, 0.15) is 33.1 Å². The predicted molar refractivity (Wildman–Crippen MR) is 144 cm³/mol. The molecule has 7 nitrogen and oxygen atoms in total. The number of halogens is 4. The summed E-state index contributed by atoms with van der Waals surface area (Å²) in [7, 11) is 0. The van der Waals surface area contributed by atoms with Crippen molar-refractivity contribution in [1.29, 1.82) is 0 Å². The van der Waals surface area contributed by atoms with Crippen LogP contribution in [0.5, 0.6) is 0 Å². The van der Waals surface area contributed by atoms with Gasteiger partial charge in [-0.3, -0.25) is 4.79 Å². The quantitative estimate of drug-likeness (QED) is 0.238. The molecule has 4 heterocycles. The molecule has 2 saturated heterocycles. The summed E-state index contributed by atoms with van der Waals surface area (Å²) in [5.74, 6) is -0.458. The maximum atomic E-state index is 12.0. The summed E-state index contributed by atoms with van der Waals surface area (Å²) in [5, 5.41) is 20.8. The van der Waals surface area contributed by atoms with Gasteiger partial charge in [0, 0.05) is 71.4 Å². The Labute approximate surface area is 222 Å². The summed E-state index contributed by atoms with van der Waals surface area (Å²) < 4.78 is 14.1. The third kappa shape index (κ3) is 12.5. The van der Waals surface area contributed by atoms with Crippen molar-refractivity contribution in [2.75, 3.05) is 31.1 Å². The molecule has 32 heavy (non-hydrogen) atoms. The molecule has 0 radical (unpaired) electrons. The lowest BCUT2D eigenvalue weighted by Crippen LogP contribution is -2.41. The molecule has 0 unspecified atom stereocenters. The number of hydrogen-bond acceptors (Lipinski definition) is 7. The van der Waals surface area contributed by atoms with E-state index < -0.39 is 11.7 Å². The fourth-order valence-electron chi connectivity index (χ4n) is 2.73. The van der Waals surface area contributed by atoms with Crippen molar-refractivity contribution < 1.29 is 19.4 Å². The minimum atomic E-state index is -1.38. The maximum Gasteiger partial charge on any atom is 0.212 e. The predicted octanol–water partition coefficient (Wildman–Crippen LogP) is 3.79. The van der Waals surface area contributed by atoms with Crippen molar-refractivity contribution in [1.82, 2.24) is 15.3 Å². The van der Waals surface area contributed by atoms with Crippen LogP contribution >= 0.6 is 57.6 Å². The molecule has 0 amide bonds. The Morgan fingerprint density at radius 3 is 1.88 bits per heavy atom. The average molecular weight is 695 g/mol. The second-order valence-electron chi connectivity index (χ2n) is 6.89. The number of ketones is 1. The molecule has 2 aromatic rings. The Bertz CT molecular complexity index is 760. The first-order valence-electron chi connectivity index (χ1n) is 9.56. The largest absolute Gasteiger partial charge is 0.366 e. The molecular weight excluding hydrogens is 665 g/mol. The van der Waals surface area contributed by atoms with E-state index in [-0.39, 0.29) is 19.8 Å². The number of aromatic nitrogens is 2. The van der Waals surface area contributed by atoms with Crippen LogP contribution in [-0.2, 0) is 4.79 Å². The summed E-state index contributed by atoms with van der Waals surface area (Å²) in [6.45, 7) is 3.05. The van der Waals surface area contributed by atoms with Crippen molar-refractivity contribution in [3.63, 3.8) is 0 Å². The zero-order valence-electron chi connectivity index (χ0n) is 16.8. The first kappa shape index (κ1) is 31.3. The first-order valence-corrected chi connectivity index (χ1v) is 11.7. The van der Waals surface area contributed by atoms with E-state index in [0.717, 1.165) is 26.0 Å². The van der Waals surface area contributed by atoms with E-state index in [4.69, 9.17) is 10.2 Å². The summed E-state index contributed by atoms with van der Waals surface area (Å²) in [4.78, 5) is 20.9. The molecule has 2 aliphatic heterocycles. The Balaban J connectivity index is 0.000000465. The standard InChI is InChI=1S/C10H11IN2O.C5H3FIN.C5H11NO2.CH4.ClH/c11-8-1-2-10(12-7-8)13-5-3-9(14)4-6-13;6-5-2-1-4(7)3-8-5;7-5(8)1-3-6-4-2-5;;/h1-2,7H,3-6H2;1-3H;6-8H,1-4H2;1H4;1H. The van der Waals surface area contributed by atoms with Gasteiger partial charge in [0.05, 0.1) is 0 Å². The summed E-state index contributed by atoms with van der Waals surface area (Å²) in [6, 6.07) is 7.06. The van der Waals surface area contributed by atoms with Crippen LogP contribution in [0.3, 0.4) is 0 Å². The van der Waals surface area contributed by atoms with Crippen LogP contribution in [0.25, 0.3) is 0 Å². The third-order valence-corrected chi connectivity index (χ3v) is 5.73. The molecule has 0 bridgehead atoms. The van der Waals surface area contributed by atoms with Gasteiger partial charge in [0.1, 0.15) is 11.6 Å². The van der Waals surface area contributed by atoms with Crippen LogP contribution in [-0.4, -0.2) is 57.9 Å². The first-order chi connectivity index (χ1) is 14.2. The van der Waals surface area contributed by atoms with Gasteiger partial charge in [0.25, 0.3) is 0 Å². The number of hydrogen-bond donors (Lipinski definition) is 3. The third-order valence-electron chi connectivity index (χ3n) is 4.45. The molecule has 0 saturated carbocycles. The number of anilines is 1. The van der Waals surface area contributed by atoms with E-state index in [9.17, 15) is 9.18 Å². The molecule has 2 aromatic heterocycles. The molecule has 0 atom stereocenters. The highest BCUT2D eigenvalue weighted by Crippen LogP contribution is 2.16. The number of nitrogens with zero attached hydrogens (tertiary/aromatic N) is 3. The van der Waals surface area contributed by atoms with E-state index in [1.807, 2.05) is 18.3 Å². The second kappa shape index (κ2) is 16.0. The van der Waals surface area contributed by atoms with Gasteiger partial charge in [-0.05, 0) is 69.4 Å². The van der Waals surface area contributed by atoms with Crippen molar-refractivity contribution in [2.45, 2.75) is 38.9 Å². The van der Waals surface area contributed by atoms with Gasteiger partial charge in [-0.15, -0.1) is 12.4 Å². The monoisotopic (exact) mass is 694 g/mol. The van der Waals surface area contributed by atoms with Gasteiger partial charge in [-0.1, -0.05) is 7.43 Å². The molecule has 4 rings (SSSR count). The summed E-state index contributed by atoms with van der Waals surface area (Å²) >= 11 is 4.30. The van der Waals surface area contributed by atoms with Crippen LogP contribution in [0.15, 0.2) is 36.7 Å². The number of carbonyl (C=O) groups excluding carboxylic acids is 1. The van der Waals surface area contributed by atoms with E-state index in [2.05, 4.69) is 65.4 Å². The fourth-order valence-corrected chi connectivity index (χ4v) is 3.36. The normalized spacial score (nSPS) is 16.8. The van der Waals surface area contributed by atoms with Crippen molar-refractivity contribution in [2.24, 2.45) is 0 Å². The molecular formula is C21H30ClFI2N4O3. The molecule has 0 aliphatic carbocycles. The lowest BCUT2D eigenvalue weighted by molar-refractivity contribution is -0.175. The number of aliphatic hydroxyl groups is 2. The fraction of sp³-hybridized carbons (Fsp3) is 0.476. The summed E-state index contributed by atoms with van der Waals surface area (Å²) in [5.41, 5.74) is 0. The zero-order chi connectivity index (χ0) is 22.0. The molecule has 0 aromatic carbocycles. The lowest BCUT2D eigenvalue weighted by Gasteiger charge is -2.26. The van der Waals surface area contributed by atoms with Gasteiger partial charge in [-0.2, -0.15) is 4.39 Å². The van der Waals surface area contributed by atoms with Crippen molar-refractivity contribution in [3.8, 4) is 0 Å². The average Bonchev–Trinajstić information content (AvgIpc) is 2.72. The van der Waals surface area contributed by atoms with E-state index in [1.54, 1.807) is 6.07 Å². The van der Waals surface area contributed by atoms with Gasteiger partial charge in [0.15, 0.2) is 5.79 Å². The Kier molecular flexibility index (Phi) is 15.7. The van der Waals surface area contributed by atoms with Gasteiger partial charge in [0.2, 0.25) is 5.95 Å². The highest BCUT2D eigenvalue weighted by molar-refractivity contribution is 14.1. The smallest absolute Gasteiger partial charge is 0.212 e. The Morgan fingerprint density at radius 1 is 0.969 bits per heavy atom. The van der Waals surface area contributed by atoms with E-state index >= 15 is 0 Å². The van der Waals surface area contributed by atoms with Crippen molar-refractivity contribution >= 4 is 69.2 Å². The Morgan fingerprint density at radius 2 is 1.50 bits per heavy atom. The van der Waals surface area contributed by atoms with Crippen LogP contribution in [0, 0.1) is 13.1 Å². The van der Waals surface area contributed by atoms with E-state index in [1.165, 1.54) is 12.3 Å². The topological polar surface area (TPSA) is 98.6 Å². The van der Waals surface area contributed by atoms with Crippen LogP contribution in [0.4, 0.5) is 10.2 Å². The molecule has 0 spiro atoms. The number of pyridine rings is 2. The number of rotatable bonds is 1. The lowest BCUT2D eigenvalue weighted by atomic mass is 10.1. The van der Waals surface area contributed by atoms with Gasteiger partial charge >= 0.3 is 0 Å². The molecule has 3 N–H and O–H groups in total. The van der Waals surface area contributed by atoms with Crippen LogP contribution < -0.4 is 10.2 Å². The minimum Gasteiger partial charge on any atom is -0.366 e. The van der Waals surface area contributed by atoms with Gasteiger partial charge < -0.3 is 20.4 Å². The number of nitrogens with one attached hydrogen (secondary N) is 1. The molecule has 180 valence electrons. The van der Waals surface area contributed by atoms with Gasteiger partial charge in [-0.25, -0.2) is 9.97 Å². The number of piperidine rings is 2. The second-order valence-corrected chi connectivity index (χ2v) is 9.38. The minimum absolute atomic E-state index is 0. The molecule has 2 aliphatic rings. The Hall–Kier alpha value is -0.670. The number of carbonyl (C=O) groups is 1. The molecule has 2 fully saturated rings. The SMILES string of the molecule is C.Cl.Fc1ccc(I)cn1.O=C1CCN(c2ccc(I)cn2)CC1.OC1(O)CCNCC1. The van der Waals surface area contributed by atoms with Crippen molar-refractivity contribution in [3.05, 3.63) is 49.7 Å². The molecule has 11 heteroatoms. The highest BCUT2D eigenvalue weighted by Gasteiger charge is 2.24. The van der Waals surface area contributed by atoms with E-state index in [0.29, 0.717) is 44.6 Å². The zero-order valence-corrected chi connectivity index (χ0v) is 21.9. The number of Topliss-reactive ketones (excluding diaryl/α,β-unsaturated/α-hetero) is 1. The van der Waals surface area contributed by atoms with Crippen LogP contribution in [0.2, 0.25) is 0 Å². The highest BCUT2D eigenvalue weighted by atomic mass is 127. The summed E-state index contributed by atoms with van der Waals surface area (Å²) in [6.07, 6.45) is 5.56. The maximum absolute atomic E-state index is 12.0.